The number of aryl methyl sites for hydroxylation is 3. The van der Waals surface area contributed by atoms with E-state index in [9.17, 15) is 4.79 Å². The largest absolute Gasteiger partial charge is 0.268 e. The number of nitrogens with zero attached hydrogens (tertiary/aromatic N) is 4. The Labute approximate surface area is 93.4 Å². The average molecular weight is 218 g/mol. The molecule has 0 aliphatic rings. The first-order valence-electron chi connectivity index (χ1n) is 5.07. The summed E-state index contributed by atoms with van der Waals surface area (Å²) in [5.74, 6) is 0.541. The molecule has 0 saturated carbocycles. The van der Waals surface area contributed by atoms with Crippen molar-refractivity contribution in [2.45, 2.75) is 20.8 Å². The molecular formula is C11H14N4O. The third-order valence-corrected chi connectivity index (χ3v) is 2.45. The molecule has 0 aromatic carbocycles. The van der Waals surface area contributed by atoms with Crippen LogP contribution in [-0.2, 0) is 7.05 Å². The molecule has 0 aliphatic heterocycles. The first-order valence-corrected chi connectivity index (χ1v) is 5.07. The summed E-state index contributed by atoms with van der Waals surface area (Å²) in [5, 5.41) is 0. The molecule has 2 heterocycles. The Bertz CT molecular complexity index is 574. The quantitative estimate of drug-likeness (QED) is 0.714. The van der Waals surface area contributed by atoms with Crippen molar-refractivity contribution in [3.63, 3.8) is 0 Å². The van der Waals surface area contributed by atoms with Crippen molar-refractivity contribution in [2.75, 3.05) is 0 Å². The Morgan fingerprint density at radius 3 is 2.06 bits per heavy atom. The molecule has 16 heavy (non-hydrogen) atoms. The van der Waals surface area contributed by atoms with E-state index in [4.69, 9.17) is 0 Å². The van der Waals surface area contributed by atoms with E-state index in [-0.39, 0.29) is 5.56 Å². The predicted molar refractivity (Wildman–Crippen MR) is 60.8 cm³/mol. The second-order valence-corrected chi connectivity index (χ2v) is 3.91. The van der Waals surface area contributed by atoms with Crippen LogP contribution in [0.1, 0.15) is 17.1 Å². The normalized spacial score (nSPS) is 10.8. The molecule has 5 heteroatoms. The summed E-state index contributed by atoms with van der Waals surface area (Å²) in [6, 6.07) is 3.47. The maximum Gasteiger partial charge on any atom is 0.267 e. The highest BCUT2D eigenvalue weighted by Gasteiger charge is 2.09. The van der Waals surface area contributed by atoms with Gasteiger partial charge in [-0.25, -0.2) is 19.3 Å². The molecule has 0 spiro atoms. The zero-order valence-electron chi connectivity index (χ0n) is 9.85. The van der Waals surface area contributed by atoms with Crippen LogP contribution in [0.15, 0.2) is 16.9 Å². The van der Waals surface area contributed by atoms with E-state index in [1.165, 1.54) is 4.68 Å². The lowest BCUT2D eigenvalue weighted by atomic mass is 10.3. The molecule has 0 saturated heterocycles. The zero-order chi connectivity index (χ0) is 11.9. The van der Waals surface area contributed by atoms with Gasteiger partial charge in [-0.1, -0.05) is 0 Å². The average Bonchev–Trinajstić information content (AvgIpc) is 2.39. The summed E-state index contributed by atoms with van der Waals surface area (Å²) in [4.78, 5) is 20.2. The molecule has 0 amide bonds. The zero-order valence-corrected chi connectivity index (χ0v) is 9.85. The van der Waals surface area contributed by atoms with Gasteiger partial charge in [0, 0.05) is 30.2 Å². The summed E-state index contributed by atoms with van der Waals surface area (Å²) >= 11 is 0. The molecule has 2 aromatic heterocycles. The van der Waals surface area contributed by atoms with Gasteiger partial charge in [0.15, 0.2) is 0 Å². The summed E-state index contributed by atoms with van der Waals surface area (Å²) in [6.07, 6.45) is 0. The van der Waals surface area contributed by atoms with Crippen LogP contribution < -0.4 is 5.56 Å². The second-order valence-electron chi connectivity index (χ2n) is 3.91. The van der Waals surface area contributed by atoms with Gasteiger partial charge in [-0.05, 0) is 26.8 Å². The highest BCUT2D eigenvalue weighted by atomic mass is 16.1. The maximum absolute atomic E-state index is 11.5. The van der Waals surface area contributed by atoms with Gasteiger partial charge in [-0.15, -0.1) is 0 Å². The van der Waals surface area contributed by atoms with Crippen LogP contribution in [-0.4, -0.2) is 19.3 Å². The smallest absolute Gasteiger partial charge is 0.267 e. The topological polar surface area (TPSA) is 52.7 Å². The maximum atomic E-state index is 11.5. The Morgan fingerprint density at radius 2 is 1.62 bits per heavy atom. The molecule has 0 unspecified atom stereocenters. The molecule has 84 valence electrons. The summed E-state index contributed by atoms with van der Waals surface area (Å²) in [5.41, 5.74) is 2.56. The minimum Gasteiger partial charge on any atom is -0.268 e. The molecule has 5 nitrogen and oxygen atoms in total. The summed E-state index contributed by atoms with van der Waals surface area (Å²) < 4.78 is 3.21. The lowest BCUT2D eigenvalue weighted by molar-refractivity contribution is 0.602. The van der Waals surface area contributed by atoms with Gasteiger partial charge >= 0.3 is 0 Å². The molecule has 2 rings (SSSR count). The standard InChI is InChI=1S/C11H14N4O/c1-7-5-8(2)13-11(12-7)15-9(3)6-10(16)14(15)4/h5-6H,1-4H3. The van der Waals surface area contributed by atoms with Crippen molar-refractivity contribution in [1.82, 2.24) is 19.3 Å². The summed E-state index contributed by atoms with van der Waals surface area (Å²) in [7, 11) is 1.70. The van der Waals surface area contributed by atoms with Crippen LogP contribution in [0.3, 0.4) is 0 Å². The lowest BCUT2D eigenvalue weighted by Gasteiger charge is -2.09. The highest BCUT2D eigenvalue weighted by molar-refractivity contribution is 5.20. The summed E-state index contributed by atoms with van der Waals surface area (Å²) in [6.45, 7) is 5.69. The SMILES string of the molecule is Cc1cc(C)nc(-n2c(C)cc(=O)n2C)n1. The lowest BCUT2D eigenvalue weighted by Crippen LogP contribution is -2.20. The fourth-order valence-corrected chi connectivity index (χ4v) is 1.76. The van der Waals surface area contributed by atoms with E-state index < -0.39 is 0 Å². The van der Waals surface area contributed by atoms with Gasteiger partial charge in [0.2, 0.25) is 5.95 Å². The Balaban J connectivity index is 2.71. The van der Waals surface area contributed by atoms with Crippen molar-refractivity contribution in [1.29, 1.82) is 0 Å². The molecule has 0 aliphatic carbocycles. The Morgan fingerprint density at radius 1 is 1.06 bits per heavy atom. The van der Waals surface area contributed by atoms with E-state index in [0.717, 1.165) is 17.1 Å². The number of hydrogen-bond donors (Lipinski definition) is 0. The molecule has 0 atom stereocenters. The fourth-order valence-electron chi connectivity index (χ4n) is 1.76. The van der Waals surface area contributed by atoms with E-state index in [1.807, 2.05) is 26.8 Å². The minimum absolute atomic E-state index is 0.0553. The van der Waals surface area contributed by atoms with E-state index in [2.05, 4.69) is 9.97 Å². The van der Waals surface area contributed by atoms with Crippen molar-refractivity contribution in [3.8, 4) is 5.95 Å². The third kappa shape index (κ3) is 1.64. The number of hydrogen-bond acceptors (Lipinski definition) is 3. The number of rotatable bonds is 1. The van der Waals surface area contributed by atoms with Gasteiger partial charge in [0.05, 0.1) is 0 Å². The van der Waals surface area contributed by atoms with Crippen molar-refractivity contribution in [3.05, 3.63) is 39.6 Å². The number of aromatic nitrogens is 4. The van der Waals surface area contributed by atoms with E-state index in [1.54, 1.807) is 17.8 Å². The third-order valence-electron chi connectivity index (χ3n) is 2.45. The van der Waals surface area contributed by atoms with Gasteiger partial charge in [0.1, 0.15) is 0 Å². The van der Waals surface area contributed by atoms with Crippen LogP contribution in [0.4, 0.5) is 0 Å². The minimum atomic E-state index is -0.0553. The Kier molecular flexibility index (Phi) is 2.38. The molecule has 0 fully saturated rings. The van der Waals surface area contributed by atoms with Crippen LogP contribution in [0, 0.1) is 20.8 Å². The van der Waals surface area contributed by atoms with Crippen molar-refractivity contribution >= 4 is 0 Å². The molecular weight excluding hydrogens is 204 g/mol. The van der Waals surface area contributed by atoms with Crippen LogP contribution >= 0.6 is 0 Å². The van der Waals surface area contributed by atoms with Gasteiger partial charge in [-0.3, -0.25) is 4.79 Å². The highest BCUT2D eigenvalue weighted by Crippen LogP contribution is 2.06. The first kappa shape index (κ1) is 10.6. The second kappa shape index (κ2) is 3.59. The van der Waals surface area contributed by atoms with Gasteiger partial charge in [-0.2, -0.15) is 0 Å². The predicted octanol–water partition coefficient (Wildman–Crippen LogP) is 0.891. The molecule has 0 bridgehead atoms. The molecule has 2 aromatic rings. The van der Waals surface area contributed by atoms with Crippen LogP contribution in [0.25, 0.3) is 5.95 Å². The van der Waals surface area contributed by atoms with Crippen molar-refractivity contribution < 1.29 is 0 Å². The van der Waals surface area contributed by atoms with Gasteiger partial charge < -0.3 is 0 Å². The van der Waals surface area contributed by atoms with E-state index >= 15 is 0 Å². The Hall–Kier alpha value is -1.91. The van der Waals surface area contributed by atoms with Gasteiger partial charge in [0.25, 0.3) is 5.56 Å². The fraction of sp³-hybridized carbons (Fsp3) is 0.364. The van der Waals surface area contributed by atoms with E-state index in [0.29, 0.717) is 5.95 Å². The molecule has 0 radical (unpaired) electrons. The monoisotopic (exact) mass is 218 g/mol. The van der Waals surface area contributed by atoms with Crippen molar-refractivity contribution in [2.24, 2.45) is 7.05 Å². The van der Waals surface area contributed by atoms with Crippen LogP contribution in [0.5, 0.6) is 0 Å². The first-order chi connectivity index (χ1) is 7.49. The molecule has 0 N–H and O–H groups in total. The van der Waals surface area contributed by atoms with Crippen LogP contribution in [0.2, 0.25) is 0 Å².